The summed E-state index contributed by atoms with van der Waals surface area (Å²) in [6.45, 7) is 5.25. The van der Waals surface area contributed by atoms with Crippen molar-refractivity contribution in [2.75, 3.05) is 26.3 Å². The van der Waals surface area contributed by atoms with E-state index >= 15 is 0 Å². The topological polar surface area (TPSA) is 105 Å². The van der Waals surface area contributed by atoms with Gasteiger partial charge in [-0.3, -0.25) is 14.4 Å². The molecule has 0 radical (unpaired) electrons. The highest BCUT2D eigenvalue weighted by molar-refractivity contribution is 5.98. The van der Waals surface area contributed by atoms with Crippen LogP contribution in [0.2, 0.25) is 0 Å². The van der Waals surface area contributed by atoms with E-state index in [1.54, 1.807) is 11.8 Å². The predicted octanol–water partition coefficient (Wildman–Crippen LogP) is 1.39. The van der Waals surface area contributed by atoms with E-state index in [0.717, 1.165) is 38.5 Å². The largest absolute Gasteiger partial charge is 0.466 e. The SMILES string of the molecule is CCCCNC(=O)[C@H]1N(CCCCCCO)C(=O)[C@@H]2[C@@H](C(=O)OCC)[C@H]3CC[C@]21O3. The first-order valence-corrected chi connectivity index (χ1v) is 11.5. The molecule has 3 heterocycles. The van der Waals surface area contributed by atoms with Crippen molar-refractivity contribution < 1.29 is 29.0 Å². The third-order valence-electron chi connectivity index (χ3n) is 6.74. The highest BCUT2D eigenvalue weighted by Gasteiger charge is 2.74. The van der Waals surface area contributed by atoms with Gasteiger partial charge in [-0.15, -0.1) is 0 Å². The first-order valence-electron chi connectivity index (χ1n) is 11.5. The summed E-state index contributed by atoms with van der Waals surface area (Å²) in [5.74, 6) is -2.00. The molecule has 0 aliphatic carbocycles. The van der Waals surface area contributed by atoms with Crippen LogP contribution in [0.15, 0.2) is 0 Å². The van der Waals surface area contributed by atoms with Crippen LogP contribution in [0.4, 0.5) is 0 Å². The zero-order chi connectivity index (χ0) is 21.7. The normalized spacial score (nSPS) is 31.8. The van der Waals surface area contributed by atoms with Crippen LogP contribution < -0.4 is 5.32 Å². The Balaban J connectivity index is 1.81. The van der Waals surface area contributed by atoms with Crippen molar-refractivity contribution in [3.63, 3.8) is 0 Å². The molecule has 8 nitrogen and oxygen atoms in total. The summed E-state index contributed by atoms with van der Waals surface area (Å²) in [4.78, 5) is 41.0. The Kier molecular flexibility index (Phi) is 7.74. The second-order valence-corrected chi connectivity index (χ2v) is 8.62. The molecule has 8 heteroatoms. The molecule has 0 saturated carbocycles. The highest BCUT2D eigenvalue weighted by atomic mass is 16.6. The fraction of sp³-hybridized carbons (Fsp3) is 0.864. The van der Waals surface area contributed by atoms with Crippen LogP contribution in [0.1, 0.15) is 65.2 Å². The second-order valence-electron chi connectivity index (χ2n) is 8.62. The van der Waals surface area contributed by atoms with Gasteiger partial charge in [0, 0.05) is 19.7 Å². The van der Waals surface area contributed by atoms with Crippen LogP contribution in [-0.2, 0) is 23.9 Å². The number of nitrogens with one attached hydrogen (secondary N) is 1. The summed E-state index contributed by atoms with van der Waals surface area (Å²) < 4.78 is 11.5. The fourth-order valence-electron chi connectivity index (χ4n) is 5.43. The van der Waals surface area contributed by atoms with Crippen molar-refractivity contribution in [1.29, 1.82) is 0 Å². The average Bonchev–Trinajstić information content (AvgIpc) is 3.36. The van der Waals surface area contributed by atoms with Gasteiger partial charge in [-0.1, -0.05) is 26.2 Å². The molecular formula is C22H36N2O6. The van der Waals surface area contributed by atoms with Gasteiger partial charge < -0.3 is 24.8 Å². The number of aliphatic hydroxyl groups excluding tert-OH is 1. The third kappa shape index (κ3) is 4.08. The molecule has 3 aliphatic rings. The quantitative estimate of drug-likeness (QED) is 0.362. The Morgan fingerprint density at radius 3 is 2.70 bits per heavy atom. The number of hydrogen-bond acceptors (Lipinski definition) is 6. The smallest absolute Gasteiger partial charge is 0.312 e. The Morgan fingerprint density at radius 2 is 2.00 bits per heavy atom. The minimum atomic E-state index is -0.930. The van der Waals surface area contributed by atoms with Gasteiger partial charge in [-0.05, 0) is 39.0 Å². The standard InChI is InChI=1S/C22H36N2O6/c1-3-5-12-23-19(26)18-22-11-10-15(30-22)16(21(28)29-4-2)17(22)20(27)24(18)13-8-6-7-9-14-25/h15-18,25H,3-14H2,1-2H3,(H,23,26)/t15-,16+,17+,18-,22+/m1/s1. The molecule has 170 valence electrons. The minimum Gasteiger partial charge on any atom is -0.466 e. The van der Waals surface area contributed by atoms with Gasteiger partial charge in [0.05, 0.1) is 24.5 Å². The molecule has 30 heavy (non-hydrogen) atoms. The zero-order valence-corrected chi connectivity index (χ0v) is 18.2. The van der Waals surface area contributed by atoms with Crippen LogP contribution >= 0.6 is 0 Å². The Hall–Kier alpha value is -1.67. The van der Waals surface area contributed by atoms with Crippen LogP contribution in [-0.4, -0.2) is 71.8 Å². The zero-order valence-electron chi connectivity index (χ0n) is 18.2. The maximum atomic E-state index is 13.5. The summed E-state index contributed by atoms with van der Waals surface area (Å²) in [6.07, 6.45) is 6.00. The van der Waals surface area contributed by atoms with Crippen molar-refractivity contribution in [3.8, 4) is 0 Å². The highest BCUT2D eigenvalue weighted by Crippen LogP contribution is 2.58. The van der Waals surface area contributed by atoms with Crippen LogP contribution in [0, 0.1) is 11.8 Å². The van der Waals surface area contributed by atoms with Crippen molar-refractivity contribution in [2.24, 2.45) is 11.8 Å². The van der Waals surface area contributed by atoms with Gasteiger partial charge in [0.2, 0.25) is 11.8 Å². The lowest BCUT2D eigenvalue weighted by Gasteiger charge is -2.33. The first-order chi connectivity index (χ1) is 14.5. The van der Waals surface area contributed by atoms with E-state index in [-0.39, 0.29) is 31.1 Å². The lowest BCUT2D eigenvalue weighted by molar-refractivity contribution is -0.154. The van der Waals surface area contributed by atoms with Gasteiger partial charge in [0.15, 0.2) is 0 Å². The maximum absolute atomic E-state index is 13.5. The van der Waals surface area contributed by atoms with Crippen molar-refractivity contribution in [3.05, 3.63) is 0 Å². The number of fused-ring (bicyclic) bond motifs is 1. The Bertz CT molecular complexity index is 641. The van der Waals surface area contributed by atoms with Crippen molar-refractivity contribution in [1.82, 2.24) is 10.2 Å². The molecule has 2 bridgehead atoms. The number of carbonyl (C=O) groups is 3. The lowest BCUT2D eigenvalue weighted by atomic mass is 9.71. The van der Waals surface area contributed by atoms with Gasteiger partial charge >= 0.3 is 5.97 Å². The molecule has 0 aromatic heterocycles. The molecular weight excluding hydrogens is 388 g/mol. The lowest BCUT2D eigenvalue weighted by Crippen LogP contribution is -2.55. The monoisotopic (exact) mass is 424 g/mol. The van der Waals surface area contributed by atoms with Crippen molar-refractivity contribution >= 4 is 17.8 Å². The second kappa shape index (κ2) is 10.1. The Labute approximate surface area is 178 Å². The van der Waals surface area contributed by atoms with Gasteiger partial charge in [-0.2, -0.15) is 0 Å². The minimum absolute atomic E-state index is 0.159. The molecule has 5 atom stereocenters. The number of esters is 1. The van der Waals surface area contributed by atoms with Crippen LogP contribution in [0.25, 0.3) is 0 Å². The first kappa shape index (κ1) is 23.0. The number of carbonyl (C=O) groups excluding carboxylic acids is 3. The molecule has 3 saturated heterocycles. The van der Waals surface area contributed by atoms with E-state index in [1.165, 1.54) is 0 Å². The molecule has 1 spiro atoms. The number of rotatable bonds is 12. The van der Waals surface area contributed by atoms with E-state index < -0.39 is 29.4 Å². The van der Waals surface area contributed by atoms with Gasteiger partial charge in [0.25, 0.3) is 0 Å². The number of hydrogen-bond donors (Lipinski definition) is 2. The molecule has 2 amide bonds. The molecule has 0 aromatic rings. The summed E-state index contributed by atoms with van der Waals surface area (Å²) in [6, 6.07) is -0.700. The number of aliphatic hydroxyl groups is 1. The summed E-state index contributed by atoms with van der Waals surface area (Å²) >= 11 is 0. The Morgan fingerprint density at radius 1 is 1.23 bits per heavy atom. The fourth-order valence-corrected chi connectivity index (χ4v) is 5.43. The third-order valence-corrected chi connectivity index (χ3v) is 6.74. The number of amides is 2. The summed E-state index contributed by atoms with van der Waals surface area (Å²) in [7, 11) is 0. The molecule has 2 N–H and O–H groups in total. The van der Waals surface area contributed by atoms with E-state index in [2.05, 4.69) is 12.2 Å². The molecule has 0 aromatic carbocycles. The molecule has 3 aliphatic heterocycles. The maximum Gasteiger partial charge on any atom is 0.312 e. The molecule has 0 unspecified atom stereocenters. The average molecular weight is 425 g/mol. The van der Waals surface area contributed by atoms with Gasteiger partial charge in [0.1, 0.15) is 11.6 Å². The molecule has 3 fully saturated rings. The van der Waals surface area contributed by atoms with Crippen LogP contribution in [0.3, 0.4) is 0 Å². The van der Waals surface area contributed by atoms with E-state index in [1.807, 2.05) is 0 Å². The number of likely N-dealkylation sites (tertiary alicyclic amines) is 1. The van der Waals surface area contributed by atoms with Crippen molar-refractivity contribution in [2.45, 2.75) is 83.0 Å². The van der Waals surface area contributed by atoms with E-state index in [9.17, 15) is 14.4 Å². The molecule has 3 rings (SSSR count). The van der Waals surface area contributed by atoms with E-state index in [4.69, 9.17) is 14.6 Å². The van der Waals surface area contributed by atoms with Gasteiger partial charge in [-0.25, -0.2) is 0 Å². The number of unbranched alkanes of at least 4 members (excludes halogenated alkanes) is 4. The number of nitrogens with zero attached hydrogens (tertiary/aromatic N) is 1. The predicted molar refractivity (Wildman–Crippen MR) is 109 cm³/mol. The van der Waals surface area contributed by atoms with Crippen LogP contribution in [0.5, 0.6) is 0 Å². The van der Waals surface area contributed by atoms with E-state index in [0.29, 0.717) is 25.9 Å². The summed E-state index contributed by atoms with van der Waals surface area (Å²) in [5, 5.41) is 11.9. The number of ether oxygens (including phenoxy) is 2. The summed E-state index contributed by atoms with van der Waals surface area (Å²) in [5.41, 5.74) is -0.930.